The predicted octanol–water partition coefficient (Wildman–Crippen LogP) is 3.09. The molecular formula is C16H13N3O2. The van der Waals surface area contributed by atoms with Crippen LogP contribution in [-0.4, -0.2) is 26.7 Å². The smallest absolute Gasteiger partial charge is 0.339 e. The van der Waals surface area contributed by atoms with Crippen LogP contribution in [0, 0.1) is 6.92 Å². The van der Waals surface area contributed by atoms with E-state index in [1.807, 2.05) is 37.3 Å². The maximum absolute atomic E-state index is 11.2. The molecule has 1 N–H and O–H groups in total. The number of carboxylic acid groups (broad SMARTS) is 1. The number of carbonyl (C=O) groups is 1. The highest BCUT2D eigenvalue weighted by molar-refractivity contribution is 5.95. The molecule has 0 saturated carbocycles. The number of benzene rings is 1. The summed E-state index contributed by atoms with van der Waals surface area (Å²) in [5.74, 6) is -0.360. The van der Waals surface area contributed by atoms with E-state index in [0.29, 0.717) is 17.2 Å². The van der Waals surface area contributed by atoms with Gasteiger partial charge in [0.05, 0.1) is 5.69 Å². The van der Waals surface area contributed by atoms with Crippen molar-refractivity contribution < 1.29 is 9.90 Å². The molecule has 21 heavy (non-hydrogen) atoms. The Balaban J connectivity index is 2.11. The lowest BCUT2D eigenvalue weighted by molar-refractivity contribution is 0.0698. The van der Waals surface area contributed by atoms with Gasteiger partial charge in [0.15, 0.2) is 11.5 Å². The van der Waals surface area contributed by atoms with Crippen LogP contribution in [0.5, 0.6) is 0 Å². The van der Waals surface area contributed by atoms with Crippen LogP contribution in [0.4, 0.5) is 5.82 Å². The Morgan fingerprint density at radius 1 is 1.24 bits per heavy atom. The van der Waals surface area contributed by atoms with Crippen molar-refractivity contribution in [1.29, 1.82) is 0 Å². The highest BCUT2D eigenvalue weighted by atomic mass is 16.4. The lowest BCUT2D eigenvalue weighted by Crippen LogP contribution is -2.00. The highest BCUT2D eigenvalue weighted by Gasteiger charge is 2.14. The molecule has 3 rings (SSSR count). The summed E-state index contributed by atoms with van der Waals surface area (Å²) < 4.78 is 1.69. The topological polar surface area (TPSA) is 67.0 Å². The minimum absolute atomic E-state index is 0.168. The fourth-order valence-corrected chi connectivity index (χ4v) is 2.17. The Bertz CT molecular complexity index is 835. The van der Waals surface area contributed by atoms with Crippen LogP contribution < -0.4 is 0 Å². The first-order valence-corrected chi connectivity index (χ1v) is 6.47. The van der Waals surface area contributed by atoms with Gasteiger partial charge in [-0.15, -0.1) is 0 Å². The van der Waals surface area contributed by atoms with Crippen LogP contribution >= 0.6 is 0 Å². The molecule has 3 aromatic rings. The van der Waals surface area contributed by atoms with Gasteiger partial charge in [-0.3, -0.25) is 4.40 Å². The van der Waals surface area contributed by atoms with E-state index in [2.05, 4.69) is 9.98 Å². The van der Waals surface area contributed by atoms with Crippen LogP contribution in [0.1, 0.15) is 21.6 Å². The second-order valence-corrected chi connectivity index (χ2v) is 4.61. The average Bonchev–Trinajstić information content (AvgIpc) is 2.81. The Morgan fingerprint density at radius 2 is 2.00 bits per heavy atom. The Labute approximate surface area is 121 Å². The van der Waals surface area contributed by atoms with Crippen molar-refractivity contribution in [2.24, 2.45) is 4.99 Å². The van der Waals surface area contributed by atoms with Gasteiger partial charge >= 0.3 is 5.97 Å². The summed E-state index contributed by atoms with van der Waals surface area (Å²) in [6.45, 7) is 1.82. The monoisotopic (exact) mass is 279 g/mol. The minimum atomic E-state index is -0.996. The molecule has 104 valence electrons. The molecule has 5 heteroatoms. The van der Waals surface area contributed by atoms with Gasteiger partial charge in [-0.05, 0) is 24.6 Å². The third kappa shape index (κ3) is 2.41. The third-order valence-corrected chi connectivity index (χ3v) is 3.16. The average molecular weight is 279 g/mol. The first-order valence-electron chi connectivity index (χ1n) is 6.47. The number of aromatic carboxylic acids is 1. The van der Waals surface area contributed by atoms with Crippen molar-refractivity contribution in [2.75, 3.05) is 0 Å². The number of aromatic nitrogens is 2. The third-order valence-electron chi connectivity index (χ3n) is 3.16. The Kier molecular flexibility index (Phi) is 3.23. The van der Waals surface area contributed by atoms with Crippen LogP contribution in [0.15, 0.2) is 53.7 Å². The predicted molar refractivity (Wildman–Crippen MR) is 80.6 cm³/mol. The van der Waals surface area contributed by atoms with E-state index in [1.54, 1.807) is 22.9 Å². The molecule has 5 nitrogen and oxygen atoms in total. The van der Waals surface area contributed by atoms with Gasteiger partial charge in [-0.2, -0.15) is 0 Å². The number of hydrogen-bond acceptors (Lipinski definition) is 3. The maximum Gasteiger partial charge on any atom is 0.339 e. The summed E-state index contributed by atoms with van der Waals surface area (Å²) in [6.07, 6.45) is 3.50. The van der Waals surface area contributed by atoms with Crippen molar-refractivity contribution >= 4 is 23.6 Å². The van der Waals surface area contributed by atoms with Gasteiger partial charge < -0.3 is 5.11 Å². The lowest BCUT2D eigenvalue weighted by atomic mass is 10.2. The number of pyridine rings is 1. The molecule has 1 aromatic carbocycles. The maximum atomic E-state index is 11.2. The second-order valence-electron chi connectivity index (χ2n) is 4.61. The van der Waals surface area contributed by atoms with E-state index in [-0.39, 0.29) is 5.56 Å². The van der Waals surface area contributed by atoms with E-state index < -0.39 is 5.97 Å². The molecule has 0 atom stereocenters. The largest absolute Gasteiger partial charge is 0.478 e. The van der Waals surface area contributed by atoms with Crippen molar-refractivity contribution in [3.63, 3.8) is 0 Å². The zero-order valence-electron chi connectivity index (χ0n) is 11.4. The fraction of sp³-hybridized carbons (Fsp3) is 0.0625. The Hall–Kier alpha value is -2.95. The first kappa shape index (κ1) is 13.1. The minimum Gasteiger partial charge on any atom is -0.478 e. The number of hydrogen-bond donors (Lipinski definition) is 1. The number of aliphatic imine (C=N–C) groups is 1. The van der Waals surface area contributed by atoms with Gasteiger partial charge in [-0.1, -0.05) is 30.3 Å². The number of fused-ring (bicyclic) bond motifs is 1. The summed E-state index contributed by atoms with van der Waals surface area (Å²) in [5.41, 5.74) is 2.24. The van der Waals surface area contributed by atoms with Gasteiger partial charge in [0.1, 0.15) is 5.56 Å². The van der Waals surface area contributed by atoms with Crippen molar-refractivity contribution in [3.05, 3.63) is 65.5 Å². The molecule has 0 aliphatic rings. The van der Waals surface area contributed by atoms with E-state index >= 15 is 0 Å². The van der Waals surface area contributed by atoms with Crippen LogP contribution in [0.2, 0.25) is 0 Å². The number of carboxylic acids is 1. The molecular weight excluding hydrogens is 266 g/mol. The number of nitrogens with zero attached hydrogens (tertiary/aromatic N) is 3. The molecule has 0 fully saturated rings. The van der Waals surface area contributed by atoms with E-state index in [0.717, 1.165) is 5.56 Å². The van der Waals surface area contributed by atoms with Crippen LogP contribution in [0.25, 0.3) is 5.65 Å². The number of aryl methyl sites for hydroxylation is 1. The molecule has 0 amide bonds. The van der Waals surface area contributed by atoms with Gasteiger partial charge in [0.2, 0.25) is 0 Å². The number of rotatable bonds is 3. The molecule has 0 radical (unpaired) electrons. The summed E-state index contributed by atoms with van der Waals surface area (Å²) in [4.78, 5) is 20.0. The molecule has 0 bridgehead atoms. The molecule has 0 aliphatic carbocycles. The number of imidazole rings is 1. The summed E-state index contributed by atoms with van der Waals surface area (Å²) >= 11 is 0. The van der Waals surface area contributed by atoms with Crippen molar-refractivity contribution in [2.45, 2.75) is 6.92 Å². The zero-order chi connectivity index (χ0) is 14.8. The highest BCUT2D eigenvalue weighted by Crippen LogP contribution is 2.22. The van der Waals surface area contributed by atoms with E-state index in [1.165, 1.54) is 6.07 Å². The first-order chi connectivity index (χ1) is 10.2. The van der Waals surface area contributed by atoms with Crippen LogP contribution in [0.3, 0.4) is 0 Å². The molecule has 2 aromatic heterocycles. The lowest BCUT2D eigenvalue weighted by Gasteiger charge is -1.99. The standard InChI is InChI=1S/C16H13N3O2/c1-11-14(17-10-12-6-3-2-4-7-12)19-9-5-8-13(16(20)21)15(19)18-11/h2-10H,1H3,(H,20,21). The second kappa shape index (κ2) is 5.20. The molecule has 0 unspecified atom stereocenters. The zero-order valence-corrected chi connectivity index (χ0v) is 11.4. The summed E-state index contributed by atoms with van der Waals surface area (Å²) in [6, 6.07) is 12.9. The Morgan fingerprint density at radius 3 is 2.71 bits per heavy atom. The van der Waals surface area contributed by atoms with Gasteiger partial charge in [-0.25, -0.2) is 14.8 Å². The van der Waals surface area contributed by atoms with E-state index in [4.69, 9.17) is 0 Å². The van der Waals surface area contributed by atoms with E-state index in [9.17, 15) is 9.90 Å². The summed E-state index contributed by atoms with van der Waals surface area (Å²) in [7, 11) is 0. The fourth-order valence-electron chi connectivity index (χ4n) is 2.17. The molecule has 0 saturated heterocycles. The molecule has 0 spiro atoms. The van der Waals surface area contributed by atoms with Gasteiger partial charge in [0, 0.05) is 12.4 Å². The van der Waals surface area contributed by atoms with Crippen molar-refractivity contribution in [3.8, 4) is 0 Å². The van der Waals surface area contributed by atoms with Crippen LogP contribution in [-0.2, 0) is 0 Å². The SMILES string of the molecule is Cc1nc2c(C(=O)O)cccn2c1N=Cc1ccccc1. The normalized spacial score (nSPS) is 11.3. The van der Waals surface area contributed by atoms with Gasteiger partial charge in [0.25, 0.3) is 0 Å². The molecule has 2 heterocycles. The molecule has 0 aliphatic heterocycles. The quantitative estimate of drug-likeness (QED) is 0.749. The van der Waals surface area contributed by atoms with Crippen molar-refractivity contribution in [1.82, 2.24) is 9.38 Å². The summed E-state index contributed by atoms with van der Waals surface area (Å²) in [5, 5.41) is 9.20.